The molecule has 1 aromatic heterocycles. The molecule has 0 amide bonds. The van der Waals surface area contributed by atoms with Crippen molar-refractivity contribution in [2.75, 3.05) is 39.0 Å². The number of sulfonamides is 1. The van der Waals surface area contributed by atoms with Crippen LogP contribution in [-0.2, 0) is 16.4 Å². The van der Waals surface area contributed by atoms with E-state index in [2.05, 4.69) is 26.0 Å². The monoisotopic (exact) mass is 345 g/mol. The molecule has 1 saturated heterocycles. The summed E-state index contributed by atoms with van der Waals surface area (Å²) in [4.78, 5) is 8.54. The van der Waals surface area contributed by atoms with Gasteiger partial charge in [0.05, 0.1) is 16.5 Å². The highest BCUT2D eigenvalue weighted by molar-refractivity contribution is 7.89. The fourth-order valence-electron chi connectivity index (χ4n) is 2.29. The molecule has 0 radical (unpaired) electrons. The number of rotatable bonds is 6. The molecule has 0 aliphatic carbocycles. The number of aryl methyl sites for hydroxylation is 1. The van der Waals surface area contributed by atoms with Gasteiger partial charge in [0.2, 0.25) is 10.0 Å². The molecule has 2 N–H and O–H groups in total. The minimum Gasteiger partial charge on any atom is -0.356 e. The van der Waals surface area contributed by atoms with Gasteiger partial charge in [-0.3, -0.25) is 4.99 Å². The lowest BCUT2D eigenvalue weighted by Gasteiger charge is -2.16. The molecular weight excluding hydrogens is 322 g/mol. The first-order valence-electron chi connectivity index (χ1n) is 7.34. The van der Waals surface area contributed by atoms with Crippen molar-refractivity contribution in [2.45, 2.75) is 19.8 Å². The molecule has 0 spiro atoms. The van der Waals surface area contributed by atoms with Gasteiger partial charge in [0.1, 0.15) is 0 Å². The van der Waals surface area contributed by atoms with Crippen LogP contribution in [-0.4, -0.2) is 62.6 Å². The summed E-state index contributed by atoms with van der Waals surface area (Å²) in [5.74, 6) is 0.955. The summed E-state index contributed by atoms with van der Waals surface area (Å²) < 4.78 is 24.9. The smallest absolute Gasteiger partial charge is 0.214 e. The highest BCUT2D eigenvalue weighted by Gasteiger charge is 2.27. The minimum atomic E-state index is -3.02. The fraction of sp³-hybridized carbons (Fsp3) is 0.692. The Hall–Kier alpha value is -1.19. The van der Waals surface area contributed by atoms with Gasteiger partial charge in [0, 0.05) is 45.0 Å². The SMILES string of the molecule is CN=C(NCCc1csc(C)n1)NCCN1CCCS1(=O)=O. The van der Waals surface area contributed by atoms with Crippen LogP contribution in [0.2, 0.25) is 0 Å². The first kappa shape index (κ1) is 17.2. The molecule has 7 nitrogen and oxygen atoms in total. The number of guanidine groups is 1. The summed E-state index contributed by atoms with van der Waals surface area (Å²) >= 11 is 1.65. The third-order valence-corrected chi connectivity index (χ3v) is 6.20. The molecule has 1 aliphatic rings. The van der Waals surface area contributed by atoms with E-state index < -0.39 is 10.0 Å². The van der Waals surface area contributed by atoms with Crippen LogP contribution in [0.15, 0.2) is 10.4 Å². The molecule has 2 rings (SSSR count). The maximum Gasteiger partial charge on any atom is 0.214 e. The second-order valence-corrected chi connectivity index (χ2v) is 8.25. The maximum atomic E-state index is 11.7. The normalized spacial score (nSPS) is 18.5. The van der Waals surface area contributed by atoms with Crippen molar-refractivity contribution < 1.29 is 8.42 Å². The number of nitrogens with zero attached hydrogens (tertiary/aromatic N) is 3. The zero-order valence-electron chi connectivity index (χ0n) is 13.0. The summed E-state index contributed by atoms with van der Waals surface area (Å²) in [5.41, 5.74) is 1.08. The molecule has 22 heavy (non-hydrogen) atoms. The zero-order chi connectivity index (χ0) is 16.0. The molecule has 0 unspecified atom stereocenters. The largest absolute Gasteiger partial charge is 0.356 e. The van der Waals surface area contributed by atoms with Gasteiger partial charge in [-0.1, -0.05) is 0 Å². The Balaban J connectivity index is 1.67. The van der Waals surface area contributed by atoms with E-state index >= 15 is 0 Å². The molecule has 9 heteroatoms. The van der Waals surface area contributed by atoms with Crippen molar-refractivity contribution in [3.05, 3.63) is 16.1 Å². The van der Waals surface area contributed by atoms with Crippen LogP contribution in [0, 0.1) is 6.92 Å². The van der Waals surface area contributed by atoms with Gasteiger partial charge >= 0.3 is 0 Å². The first-order chi connectivity index (χ1) is 10.5. The lowest BCUT2D eigenvalue weighted by molar-refractivity contribution is 0.445. The minimum absolute atomic E-state index is 0.271. The maximum absolute atomic E-state index is 11.7. The Morgan fingerprint density at radius 1 is 1.45 bits per heavy atom. The topological polar surface area (TPSA) is 86.7 Å². The predicted molar refractivity (Wildman–Crippen MR) is 89.9 cm³/mol. The van der Waals surface area contributed by atoms with Crippen LogP contribution in [0.4, 0.5) is 0 Å². The van der Waals surface area contributed by atoms with Crippen LogP contribution in [0.3, 0.4) is 0 Å². The number of nitrogens with one attached hydrogen (secondary N) is 2. The summed E-state index contributed by atoms with van der Waals surface area (Å²) in [5, 5.41) is 9.48. The van der Waals surface area contributed by atoms with E-state index in [4.69, 9.17) is 0 Å². The van der Waals surface area contributed by atoms with Crippen molar-refractivity contribution >= 4 is 27.3 Å². The van der Waals surface area contributed by atoms with Gasteiger partial charge in [0.15, 0.2) is 5.96 Å². The van der Waals surface area contributed by atoms with Gasteiger partial charge < -0.3 is 10.6 Å². The number of hydrogen-bond donors (Lipinski definition) is 2. The lowest BCUT2D eigenvalue weighted by Crippen LogP contribution is -2.42. The standard InChI is InChI=1S/C13H23N5O2S2/c1-11-17-12(10-21-11)4-5-15-13(14-2)16-6-8-18-7-3-9-22(18,19)20/h10H,3-9H2,1-2H3,(H2,14,15,16). The highest BCUT2D eigenvalue weighted by Crippen LogP contribution is 2.11. The van der Waals surface area contributed by atoms with E-state index in [1.807, 2.05) is 6.92 Å². The van der Waals surface area contributed by atoms with Gasteiger partial charge in [0.25, 0.3) is 0 Å². The Labute approximate surface area is 135 Å². The Morgan fingerprint density at radius 2 is 2.23 bits per heavy atom. The van der Waals surface area contributed by atoms with Gasteiger partial charge in [-0.05, 0) is 13.3 Å². The third kappa shape index (κ3) is 4.92. The van der Waals surface area contributed by atoms with Crippen molar-refractivity contribution in [1.29, 1.82) is 0 Å². The molecule has 0 bridgehead atoms. The molecule has 0 aromatic carbocycles. The quantitative estimate of drug-likeness (QED) is 0.568. The van der Waals surface area contributed by atoms with Crippen LogP contribution in [0.25, 0.3) is 0 Å². The number of thiazole rings is 1. The van der Waals surface area contributed by atoms with Gasteiger partial charge in [-0.25, -0.2) is 17.7 Å². The van der Waals surface area contributed by atoms with Crippen molar-refractivity contribution in [2.24, 2.45) is 4.99 Å². The summed E-state index contributed by atoms with van der Waals surface area (Å²) in [6.07, 6.45) is 1.56. The van der Waals surface area contributed by atoms with Crippen molar-refractivity contribution in [3.8, 4) is 0 Å². The molecule has 2 heterocycles. The van der Waals surface area contributed by atoms with Gasteiger partial charge in [-0.15, -0.1) is 11.3 Å². The molecule has 124 valence electrons. The second-order valence-electron chi connectivity index (χ2n) is 5.10. The first-order valence-corrected chi connectivity index (χ1v) is 9.83. The molecule has 0 saturated carbocycles. The lowest BCUT2D eigenvalue weighted by atomic mass is 10.3. The summed E-state index contributed by atoms with van der Waals surface area (Å²) in [6, 6.07) is 0. The molecule has 0 atom stereocenters. The van der Waals surface area contributed by atoms with E-state index in [0.717, 1.165) is 30.1 Å². The average molecular weight is 345 g/mol. The predicted octanol–water partition coefficient (Wildman–Crippen LogP) is 0.195. The number of aliphatic imine (C=N–C) groups is 1. The van der Waals surface area contributed by atoms with E-state index in [0.29, 0.717) is 25.6 Å². The van der Waals surface area contributed by atoms with E-state index in [1.54, 1.807) is 18.4 Å². The molecular formula is C13H23N5O2S2. The zero-order valence-corrected chi connectivity index (χ0v) is 14.6. The van der Waals surface area contributed by atoms with Crippen LogP contribution >= 0.6 is 11.3 Å². The fourth-order valence-corrected chi connectivity index (χ4v) is 4.47. The summed E-state index contributed by atoms with van der Waals surface area (Å²) in [7, 11) is -1.31. The second kappa shape index (κ2) is 7.89. The van der Waals surface area contributed by atoms with E-state index in [9.17, 15) is 8.42 Å². The van der Waals surface area contributed by atoms with Crippen molar-refractivity contribution in [3.63, 3.8) is 0 Å². The molecule has 1 aliphatic heterocycles. The van der Waals surface area contributed by atoms with E-state index in [1.165, 1.54) is 4.31 Å². The van der Waals surface area contributed by atoms with Crippen LogP contribution < -0.4 is 10.6 Å². The Bertz CT molecular complexity index is 612. The third-order valence-electron chi connectivity index (χ3n) is 3.42. The molecule has 1 fully saturated rings. The average Bonchev–Trinajstić information content (AvgIpc) is 3.03. The Morgan fingerprint density at radius 3 is 2.82 bits per heavy atom. The van der Waals surface area contributed by atoms with Crippen LogP contribution in [0.5, 0.6) is 0 Å². The van der Waals surface area contributed by atoms with Crippen molar-refractivity contribution in [1.82, 2.24) is 19.9 Å². The van der Waals surface area contributed by atoms with Gasteiger partial charge in [-0.2, -0.15) is 0 Å². The summed E-state index contributed by atoms with van der Waals surface area (Å²) in [6.45, 7) is 4.39. The van der Waals surface area contributed by atoms with E-state index in [-0.39, 0.29) is 5.75 Å². The number of hydrogen-bond acceptors (Lipinski definition) is 5. The Kier molecular flexibility index (Phi) is 6.16. The molecule has 1 aromatic rings. The number of aromatic nitrogens is 1. The highest BCUT2D eigenvalue weighted by atomic mass is 32.2. The van der Waals surface area contributed by atoms with Crippen LogP contribution in [0.1, 0.15) is 17.1 Å².